The second-order valence-corrected chi connectivity index (χ2v) is 16.6. The Bertz CT molecular complexity index is 2270. The molecule has 1 saturated carbocycles. The van der Waals surface area contributed by atoms with E-state index in [0.717, 1.165) is 40.6 Å². The fourth-order valence-corrected chi connectivity index (χ4v) is 6.44. The van der Waals surface area contributed by atoms with Crippen LogP contribution in [0.4, 0.5) is 26.7 Å². The number of hydrogen-bond acceptors (Lipinski definition) is 9. The molecule has 2 aromatic heterocycles. The largest absolute Gasteiger partial charge is 0.447 e. The monoisotopic (exact) mass is 811 g/mol. The minimum Gasteiger partial charge on any atom is -0.447 e. The van der Waals surface area contributed by atoms with E-state index >= 15 is 8.78 Å². The van der Waals surface area contributed by atoms with Gasteiger partial charge in [0.05, 0.1) is 35.4 Å². The minimum absolute atomic E-state index is 0.0285. The van der Waals surface area contributed by atoms with Crippen molar-refractivity contribution in [3.05, 3.63) is 82.9 Å². The van der Waals surface area contributed by atoms with E-state index in [0.29, 0.717) is 10.5 Å². The molecule has 4 aromatic rings. The molecule has 1 aliphatic carbocycles. The predicted molar refractivity (Wildman–Crippen MR) is 189 cm³/mol. The van der Waals surface area contributed by atoms with Gasteiger partial charge in [-0.25, -0.2) is 31.7 Å². The Hall–Kier alpha value is -5.11. The normalized spacial score (nSPS) is 19.0. The summed E-state index contributed by atoms with van der Waals surface area (Å²) < 4.78 is 104. The summed E-state index contributed by atoms with van der Waals surface area (Å²) in [4.78, 5) is 37.2. The molecule has 0 spiro atoms. The lowest BCUT2D eigenvalue weighted by Crippen LogP contribution is -2.51. The smallest absolute Gasteiger partial charge is 0.411 e. The molecule has 14 nitrogen and oxygen atoms in total. The molecular formula is C34H35ClF5N9O5S. The van der Waals surface area contributed by atoms with E-state index in [4.69, 9.17) is 16.3 Å². The molecule has 2 aromatic carbocycles. The first-order valence-corrected chi connectivity index (χ1v) is 19.0. The number of alkyl halides is 4. The highest BCUT2D eigenvalue weighted by Gasteiger charge is 2.64. The average molecular weight is 812 g/mol. The van der Waals surface area contributed by atoms with Crippen molar-refractivity contribution in [3.63, 3.8) is 0 Å². The molecule has 1 fully saturated rings. The zero-order valence-corrected chi connectivity index (χ0v) is 31.3. The van der Waals surface area contributed by atoms with E-state index in [-0.39, 0.29) is 63.6 Å². The first-order chi connectivity index (χ1) is 25.7. The summed E-state index contributed by atoms with van der Waals surface area (Å²) in [6.07, 6.45) is -4.46. The van der Waals surface area contributed by atoms with Gasteiger partial charge in [0.2, 0.25) is 12.3 Å². The van der Waals surface area contributed by atoms with Crippen LogP contribution >= 0.6 is 11.6 Å². The molecule has 2 N–H and O–H groups in total. The summed E-state index contributed by atoms with van der Waals surface area (Å²) in [5, 5.41) is 12.4. The average Bonchev–Trinajstić information content (AvgIpc) is 3.46. The Morgan fingerprint density at radius 1 is 1.13 bits per heavy atom. The zero-order chi connectivity index (χ0) is 40.1. The van der Waals surface area contributed by atoms with Gasteiger partial charge in [-0.05, 0) is 54.5 Å². The van der Waals surface area contributed by atoms with Crippen LogP contribution in [0.1, 0.15) is 74.1 Å². The number of carbonyl (C=O) groups excluding carboxylic acids is 2. The number of amides is 2. The van der Waals surface area contributed by atoms with E-state index in [9.17, 15) is 31.2 Å². The van der Waals surface area contributed by atoms with Crippen molar-refractivity contribution in [1.29, 1.82) is 0 Å². The molecular weight excluding hydrogens is 777 g/mol. The SMILES string of the molecule is CC(C)(C)CCN=C1NC(F)c2ncnn2-c2cc(ccc2Cl)[C@@H](COC(=O)NC2(C(F)(F)F)CC2)N1C(=O)c1ccc(-c2cnn(S(C)(=O)=O)c2)c(F)c1. The molecule has 55 heavy (non-hydrogen) atoms. The fourth-order valence-electron chi connectivity index (χ4n) is 5.72. The molecule has 0 saturated heterocycles. The first-order valence-electron chi connectivity index (χ1n) is 16.7. The second-order valence-electron chi connectivity index (χ2n) is 14.3. The van der Waals surface area contributed by atoms with Gasteiger partial charge in [0.1, 0.15) is 24.3 Å². The van der Waals surface area contributed by atoms with Crippen LogP contribution < -0.4 is 10.6 Å². The second kappa shape index (κ2) is 14.5. The molecule has 3 heterocycles. The summed E-state index contributed by atoms with van der Waals surface area (Å²) in [6, 6.07) is 6.14. The van der Waals surface area contributed by atoms with Crippen LogP contribution in [0.25, 0.3) is 16.8 Å². The third kappa shape index (κ3) is 8.43. The number of ether oxygens (including phenoxy) is 1. The molecule has 0 radical (unpaired) electrons. The molecule has 2 amide bonds. The van der Waals surface area contributed by atoms with Crippen molar-refractivity contribution in [3.8, 4) is 16.8 Å². The Morgan fingerprint density at radius 2 is 1.85 bits per heavy atom. The maximum atomic E-state index is 16.3. The lowest BCUT2D eigenvalue weighted by molar-refractivity contribution is -0.164. The highest BCUT2D eigenvalue weighted by atomic mass is 35.5. The number of aromatic nitrogens is 5. The molecule has 294 valence electrons. The lowest BCUT2D eigenvalue weighted by Gasteiger charge is -2.35. The highest BCUT2D eigenvalue weighted by Crippen LogP contribution is 2.49. The van der Waals surface area contributed by atoms with Gasteiger partial charge in [0.25, 0.3) is 15.9 Å². The van der Waals surface area contributed by atoms with Crippen LogP contribution in [-0.2, 0) is 14.8 Å². The summed E-state index contributed by atoms with van der Waals surface area (Å²) in [5.74, 6) is -2.64. The Labute approximate surface area is 316 Å². The number of hydrogen-bond donors (Lipinski definition) is 2. The number of nitrogens with zero attached hydrogens (tertiary/aromatic N) is 7. The third-order valence-electron chi connectivity index (χ3n) is 8.96. The van der Waals surface area contributed by atoms with E-state index in [2.05, 4.69) is 25.5 Å². The van der Waals surface area contributed by atoms with Crippen molar-refractivity contribution < 1.29 is 44.7 Å². The van der Waals surface area contributed by atoms with Crippen molar-refractivity contribution in [1.82, 2.24) is 39.5 Å². The van der Waals surface area contributed by atoms with Gasteiger partial charge in [0, 0.05) is 23.2 Å². The predicted octanol–water partition coefficient (Wildman–Crippen LogP) is 6.10. The number of guanidine groups is 1. The zero-order valence-electron chi connectivity index (χ0n) is 29.7. The maximum absolute atomic E-state index is 16.3. The fraction of sp³-hybridized carbons (Fsp3) is 0.412. The van der Waals surface area contributed by atoms with E-state index in [1.807, 2.05) is 26.1 Å². The van der Waals surface area contributed by atoms with Crippen LogP contribution in [-0.4, -0.2) is 86.4 Å². The van der Waals surface area contributed by atoms with Crippen LogP contribution in [0.3, 0.4) is 0 Å². The topological polar surface area (TPSA) is 166 Å². The van der Waals surface area contributed by atoms with Crippen molar-refractivity contribution in [2.24, 2.45) is 10.4 Å². The highest BCUT2D eigenvalue weighted by molar-refractivity contribution is 7.89. The van der Waals surface area contributed by atoms with E-state index < -0.39 is 64.5 Å². The van der Waals surface area contributed by atoms with Gasteiger partial charge < -0.3 is 15.4 Å². The summed E-state index contributed by atoms with van der Waals surface area (Å²) in [5.41, 5.74) is -2.80. The molecule has 2 atom stereocenters. The summed E-state index contributed by atoms with van der Waals surface area (Å²) in [6.45, 7) is 5.03. The Balaban J connectivity index is 1.47. The summed E-state index contributed by atoms with van der Waals surface area (Å²) >= 11 is 6.51. The van der Waals surface area contributed by atoms with Gasteiger partial charge in [-0.15, -0.1) is 0 Å². The van der Waals surface area contributed by atoms with Crippen LogP contribution in [0, 0.1) is 11.2 Å². The van der Waals surface area contributed by atoms with Crippen molar-refractivity contribution >= 4 is 39.6 Å². The molecule has 1 aliphatic heterocycles. The number of alkyl carbamates (subject to hydrolysis) is 1. The Morgan fingerprint density at radius 3 is 2.47 bits per heavy atom. The van der Waals surface area contributed by atoms with Gasteiger partial charge >= 0.3 is 12.3 Å². The standard InChI is InChI=1S/C34H35ClF5N9O5S/c1-32(2,3)11-12-41-30-45-27(37)28-42-18-44-49(28)25-14-19(6-8-23(25)35)26(17-54-31(51)46-33(9-10-33)34(38,39)40)48(30)29(50)20-5-7-22(24(36)13-20)21-15-43-47(16-21)55(4,52)53/h5-8,13-16,18,26-27H,9-12,17H2,1-4H3,(H,41,45)(H,46,51)/t26-,27?/m1/s1. The molecule has 2 aliphatic rings. The van der Waals surface area contributed by atoms with Gasteiger partial charge in [-0.1, -0.05) is 44.5 Å². The van der Waals surface area contributed by atoms with Crippen LogP contribution in [0.2, 0.25) is 5.02 Å². The number of fused-ring (bicyclic) bond motifs is 4. The Kier molecular flexibility index (Phi) is 10.4. The van der Waals surface area contributed by atoms with Gasteiger partial charge in [-0.2, -0.15) is 27.5 Å². The third-order valence-corrected chi connectivity index (χ3v) is 10.2. The molecule has 1 unspecified atom stereocenters. The number of aliphatic imine (C=N–C) groups is 1. The number of benzene rings is 2. The first kappa shape index (κ1) is 39.6. The van der Waals surface area contributed by atoms with Crippen molar-refractivity contribution in [2.45, 2.75) is 64.1 Å². The van der Waals surface area contributed by atoms with E-state index in [1.54, 1.807) is 0 Å². The molecule has 6 rings (SSSR count). The molecule has 2 bridgehead atoms. The van der Waals surface area contributed by atoms with E-state index in [1.165, 1.54) is 30.3 Å². The number of nitrogens with one attached hydrogen (secondary N) is 2. The summed E-state index contributed by atoms with van der Waals surface area (Å²) in [7, 11) is -3.79. The van der Waals surface area contributed by atoms with Gasteiger partial charge in [-0.3, -0.25) is 14.7 Å². The number of halogens is 6. The number of rotatable bonds is 8. The van der Waals surface area contributed by atoms with Crippen LogP contribution in [0.5, 0.6) is 0 Å². The minimum atomic E-state index is -4.75. The van der Waals surface area contributed by atoms with Crippen molar-refractivity contribution in [2.75, 3.05) is 19.4 Å². The lowest BCUT2D eigenvalue weighted by atomic mass is 9.92. The quantitative estimate of drug-likeness (QED) is 0.158. The maximum Gasteiger partial charge on any atom is 0.411 e. The van der Waals surface area contributed by atoms with Crippen LogP contribution in [0.15, 0.2) is 60.1 Å². The van der Waals surface area contributed by atoms with Gasteiger partial charge in [0.15, 0.2) is 5.82 Å². The number of carbonyl (C=O) groups is 2. The molecule has 21 heteroatoms.